The Morgan fingerprint density at radius 3 is 2.79 bits per heavy atom. The van der Waals surface area contributed by atoms with Crippen molar-refractivity contribution in [3.63, 3.8) is 0 Å². The van der Waals surface area contributed by atoms with Crippen molar-refractivity contribution in [1.29, 1.82) is 0 Å². The fourth-order valence-corrected chi connectivity index (χ4v) is 4.86. The first-order valence-electron chi connectivity index (χ1n) is 9.42. The Hall–Kier alpha value is -1.87. The van der Waals surface area contributed by atoms with E-state index in [1.807, 2.05) is 6.07 Å². The molecule has 0 amide bonds. The van der Waals surface area contributed by atoms with E-state index in [1.165, 1.54) is 11.4 Å². The Morgan fingerprint density at radius 2 is 1.96 bits per heavy atom. The third-order valence-electron chi connectivity index (χ3n) is 5.21. The van der Waals surface area contributed by atoms with Crippen molar-refractivity contribution in [3.05, 3.63) is 23.5 Å². The van der Waals surface area contributed by atoms with Gasteiger partial charge in [0.25, 0.3) is 0 Å². The predicted molar refractivity (Wildman–Crippen MR) is 114 cm³/mol. The Morgan fingerprint density at radius 1 is 1.14 bits per heavy atom. The number of ether oxygens (including phenoxy) is 2. The first-order chi connectivity index (χ1) is 13.3. The van der Waals surface area contributed by atoms with E-state index in [0.29, 0.717) is 0 Å². The molecule has 0 saturated carbocycles. The van der Waals surface area contributed by atoms with Gasteiger partial charge in [-0.3, -0.25) is 0 Å². The molecule has 3 aromatic rings. The SMILES string of the molecule is COc1ccc(N2CCOCC2)c2sc(-c3nc4c([nH]3)CCNCC4)nc12.Cl. The van der Waals surface area contributed by atoms with E-state index < -0.39 is 0 Å². The number of halogens is 1. The number of fused-ring (bicyclic) bond motifs is 2. The second-order valence-electron chi connectivity index (χ2n) is 6.84. The molecule has 1 aromatic carbocycles. The fraction of sp³-hybridized carbons (Fsp3) is 0.474. The lowest BCUT2D eigenvalue weighted by atomic mass is 10.2. The molecule has 9 heteroatoms. The maximum atomic E-state index is 5.58. The quantitative estimate of drug-likeness (QED) is 0.677. The molecule has 4 heterocycles. The molecule has 0 spiro atoms. The monoisotopic (exact) mass is 421 g/mol. The van der Waals surface area contributed by atoms with Gasteiger partial charge < -0.3 is 24.7 Å². The number of aromatic amines is 1. The van der Waals surface area contributed by atoms with Crippen molar-refractivity contribution in [2.75, 3.05) is 51.4 Å². The average Bonchev–Trinajstić information content (AvgIpc) is 3.27. The van der Waals surface area contributed by atoms with Gasteiger partial charge in [-0.1, -0.05) is 0 Å². The van der Waals surface area contributed by atoms with Gasteiger partial charge in [-0.2, -0.15) is 0 Å². The number of rotatable bonds is 3. The number of hydrogen-bond acceptors (Lipinski definition) is 7. The zero-order valence-electron chi connectivity index (χ0n) is 15.8. The fourth-order valence-electron chi connectivity index (χ4n) is 3.79. The van der Waals surface area contributed by atoms with Crippen LogP contribution in [0.1, 0.15) is 11.4 Å². The minimum atomic E-state index is 0. The molecule has 5 rings (SSSR count). The highest BCUT2D eigenvalue weighted by molar-refractivity contribution is 7.22. The number of anilines is 1. The van der Waals surface area contributed by atoms with E-state index in [2.05, 4.69) is 21.3 Å². The second kappa shape index (κ2) is 8.24. The van der Waals surface area contributed by atoms with E-state index in [0.717, 1.165) is 84.7 Å². The molecule has 1 fully saturated rings. The summed E-state index contributed by atoms with van der Waals surface area (Å²) < 4.78 is 12.2. The zero-order chi connectivity index (χ0) is 18.2. The van der Waals surface area contributed by atoms with Gasteiger partial charge >= 0.3 is 0 Å². The van der Waals surface area contributed by atoms with Crippen molar-refractivity contribution in [3.8, 4) is 16.6 Å². The molecule has 2 N–H and O–H groups in total. The number of H-pyrrole nitrogens is 1. The number of methoxy groups -OCH3 is 1. The van der Waals surface area contributed by atoms with Gasteiger partial charge in [0.15, 0.2) is 10.8 Å². The smallest absolute Gasteiger partial charge is 0.167 e. The number of thiazole rings is 1. The lowest BCUT2D eigenvalue weighted by molar-refractivity contribution is 0.123. The number of aromatic nitrogens is 3. The van der Waals surface area contributed by atoms with Crippen LogP contribution in [0.3, 0.4) is 0 Å². The minimum Gasteiger partial charge on any atom is -0.494 e. The van der Waals surface area contributed by atoms with Crippen LogP contribution in [0.25, 0.3) is 21.0 Å². The van der Waals surface area contributed by atoms with E-state index in [-0.39, 0.29) is 12.4 Å². The van der Waals surface area contributed by atoms with Crippen LogP contribution >= 0.6 is 23.7 Å². The summed E-state index contributed by atoms with van der Waals surface area (Å²) in [4.78, 5) is 15.6. The van der Waals surface area contributed by atoms with Crippen LogP contribution in [0.15, 0.2) is 12.1 Å². The third-order valence-corrected chi connectivity index (χ3v) is 6.30. The molecule has 2 aromatic heterocycles. The molecule has 7 nitrogen and oxygen atoms in total. The number of benzene rings is 1. The van der Waals surface area contributed by atoms with Gasteiger partial charge in [0.1, 0.15) is 11.3 Å². The number of nitrogens with zero attached hydrogens (tertiary/aromatic N) is 3. The summed E-state index contributed by atoms with van der Waals surface area (Å²) in [5, 5.41) is 4.34. The van der Waals surface area contributed by atoms with Crippen LogP contribution in [-0.4, -0.2) is 61.5 Å². The lowest BCUT2D eigenvalue weighted by Crippen LogP contribution is -2.36. The van der Waals surface area contributed by atoms with Gasteiger partial charge in [-0.05, 0) is 12.1 Å². The van der Waals surface area contributed by atoms with Gasteiger partial charge in [-0.15, -0.1) is 23.7 Å². The van der Waals surface area contributed by atoms with Crippen LogP contribution in [0.5, 0.6) is 5.75 Å². The third kappa shape index (κ3) is 3.45. The predicted octanol–water partition coefficient (Wildman–Crippen LogP) is 2.64. The second-order valence-corrected chi connectivity index (χ2v) is 7.84. The van der Waals surface area contributed by atoms with E-state index in [4.69, 9.17) is 19.4 Å². The van der Waals surface area contributed by atoms with Crippen molar-refractivity contribution >= 4 is 39.6 Å². The maximum absolute atomic E-state index is 5.58. The largest absolute Gasteiger partial charge is 0.494 e. The molecule has 0 bridgehead atoms. The molecular weight excluding hydrogens is 398 g/mol. The molecule has 0 radical (unpaired) electrons. The van der Waals surface area contributed by atoms with Crippen LogP contribution in [0, 0.1) is 0 Å². The molecule has 28 heavy (non-hydrogen) atoms. The Kier molecular flexibility index (Phi) is 5.73. The van der Waals surface area contributed by atoms with Crippen molar-refractivity contribution < 1.29 is 9.47 Å². The number of hydrogen-bond donors (Lipinski definition) is 2. The first-order valence-corrected chi connectivity index (χ1v) is 10.2. The highest BCUT2D eigenvalue weighted by atomic mass is 35.5. The summed E-state index contributed by atoms with van der Waals surface area (Å²) in [5.41, 5.74) is 4.51. The van der Waals surface area contributed by atoms with Crippen LogP contribution in [0.4, 0.5) is 5.69 Å². The van der Waals surface area contributed by atoms with Crippen molar-refractivity contribution in [1.82, 2.24) is 20.3 Å². The van der Waals surface area contributed by atoms with Crippen LogP contribution in [0.2, 0.25) is 0 Å². The van der Waals surface area contributed by atoms with Gasteiger partial charge in [0, 0.05) is 44.7 Å². The van der Waals surface area contributed by atoms with Crippen molar-refractivity contribution in [2.24, 2.45) is 0 Å². The Bertz CT molecular complexity index is 943. The average molecular weight is 422 g/mol. The normalized spacial score (nSPS) is 17.1. The minimum absolute atomic E-state index is 0. The number of nitrogens with one attached hydrogen (secondary N) is 2. The van der Waals surface area contributed by atoms with Crippen LogP contribution in [-0.2, 0) is 17.6 Å². The van der Waals surface area contributed by atoms with Crippen LogP contribution < -0.4 is 15.0 Å². The zero-order valence-corrected chi connectivity index (χ0v) is 17.4. The van der Waals surface area contributed by atoms with Gasteiger partial charge in [-0.25, -0.2) is 9.97 Å². The Labute approximate surface area is 173 Å². The van der Waals surface area contributed by atoms with Gasteiger partial charge in [0.2, 0.25) is 0 Å². The van der Waals surface area contributed by atoms with Gasteiger partial charge in [0.05, 0.1) is 36.4 Å². The maximum Gasteiger partial charge on any atom is 0.167 e. The first kappa shape index (κ1) is 19.4. The number of imidazole rings is 1. The topological polar surface area (TPSA) is 75.3 Å². The van der Waals surface area contributed by atoms with E-state index >= 15 is 0 Å². The highest BCUT2D eigenvalue weighted by Gasteiger charge is 2.22. The molecule has 0 unspecified atom stereocenters. The summed E-state index contributed by atoms with van der Waals surface area (Å²) in [6, 6.07) is 4.15. The summed E-state index contributed by atoms with van der Waals surface area (Å²) >= 11 is 1.69. The molecular formula is C19H24ClN5O2S. The Balaban J connectivity index is 0.00000192. The summed E-state index contributed by atoms with van der Waals surface area (Å²) in [6.07, 6.45) is 1.94. The van der Waals surface area contributed by atoms with E-state index in [9.17, 15) is 0 Å². The molecule has 2 aliphatic heterocycles. The summed E-state index contributed by atoms with van der Waals surface area (Å²) in [7, 11) is 1.70. The molecule has 2 aliphatic rings. The molecule has 150 valence electrons. The summed E-state index contributed by atoms with van der Waals surface area (Å²) in [6.45, 7) is 5.29. The lowest BCUT2D eigenvalue weighted by Gasteiger charge is -2.29. The molecule has 0 atom stereocenters. The molecule has 1 saturated heterocycles. The van der Waals surface area contributed by atoms with E-state index in [1.54, 1.807) is 18.4 Å². The highest BCUT2D eigenvalue weighted by Crippen LogP contribution is 2.40. The number of morpholine rings is 1. The van der Waals surface area contributed by atoms with Crippen molar-refractivity contribution in [2.45, 2.75) is 12.8 Å². The standard InChI is InChI=1S/C19H23N5O2S.ClH/c1-25-15-3-2-14(24-8-10-26-11-9-24)17-16(15)23-19(27-17)18-21-12-4-6-20-7-5-13(12)22-18;/h2-3,20H,4-11H2,1H3,(H,21,22);1H. The summed E-state index contributed by atoms with van der Waals surface area (Å²) in [5.74, 6) is 1.68. The molecule has 0 aliphatic carbocycles.